The lowest BCUT2D eigenvalue weighted by Crippen LogP contribution is -2.26. The van der Waals surface area contributed by atoms with Crippen LogP contribution in [0.25, 0.3) is 0 Å². The van der Waals surface area contributed by atoms with E-state index in [2.05, 4.69) is 0 Å². The van der Waals surface area contributed by atoms with Crippen molar-refractivity contribution in [1.29, 1.82) is 0 Å². The van der Waals surface area contributed by atoms with Crippen LogP contribution >= 0.6 is 11.8 Å². The van der Waals surface area contributed by atoms with E-state index in [0.29, 0.717) is 18.8 Å². The maximum absolute atomic E-state index is 13.6. The van der Waals surface area contributed by atoms with Crippen LogP contribution in [0.4, 0.5) is 23.2 Å². The molecule has 2 aromatic carbocycles. The fraction of sp³-hybridized carbons (Fsp3) is 0.400. The Kier molecular flexibility index (Phi) is 6.19. The Labute approximate surface area is 160 Å². The van der Waals surface area contributed by atoms with Crippen LogP contribution in [0.5, 0.6) is 5.75 Å². The molecule has 0 aliphatic carbocycles. The van der Waals surface area contributed by atoms with Crippen molar-refractivity contribution in [1.82, 2.24) is 0 Å². The first-order valence-electron chi connectivity index (χ1n) is 8.77. The summed E-state index contributed by atoms with van der Waals surface area (Å²) in [7, 11) is 1.58. The first kappa shape index (κ1) is 19.9. The van der Waals surface area contributed by atoms with Gasteiger partial charge in [-0.3, -0.25) is 0 Å². The van der Waals surface area contributed by atoms with Gasteiger partial charge in [0.05, 0.1) is 12.8 Å². The average Bonchev–Trinajstić information content (AvgIpc) is 2.80. The van der Waals surface area contributed by atoms with E-state index in [1.165, 1.54) is 12.1 Å². The number of halogens is 4. The van der Waals surface area contributed by atoms with E-state index in [4.69, 9.17) is 4.74 Å². The summed E-state index contributed by atoms with van der Waals surface area (Å²) in [4.78, 5) is 2.93. The lowest BCUT2D eigenvalue weighted by atomic mass is 10.1. The zero-order valence-electron chi connectivity index (χ0n) is 14.9. The van der Waals surface area contributed by atoms with Crippen molar-refractivity contribution in [3.8, 4) is 5.75 Å². The molecule has 27 heavy (non-hydrogen) atoms. The van der Waals surface area contributed by atoms with Crippen molar-refractivity contribution in [2.45, 2.75) is 35.6 Å². The van der Waals surface area contributed by atoms with Crippen LogP contribution < -0.4 is 9.64 Å². The van der Waals surface area contributed by atoms with Gasteiger partial charge in [-0.25, -0.2) is 4.39 Å². The number of ether oxygens (including phenoxy) is 1. The van der Waals surface area contributed by atoms with Gasteiger partial charge >= 0.3 is 6.18 Å². The topological polar surface area (TPSA) is 12.5 Å². The molecule has 2 aromatic rings. The van der Waals surface area contributed by atoms with Gasteiger partial charge in [-0.05, 0) is 48.7 Å². The van der Waals surface area contributed by atoms with E-state index in [-0.39, 0.29) is 17.5 Å². The average molecular weight is 399 g/mol. The normalized spacial score (nSPS) is 17.4. The first-order valence-corrected chi connectivity index (χ1v) is 9.65. The molecule has 1 atom stereocenters. The second-order valence-electron chi connectivity index (χ2n) is 6.49. The Hall–Kier alpha value is -1.89. The molecule has 0 amide bonds. The number of benzene rings is 2. The molecule has 0 fully saturated rings. The predicted molar refractivity (Wildman–Crippen MR) is 100 cm³/mol. The molecule has 3 rings (SSSR count). The van der Waals surface area contributed by atoms with Gasteiger partial charge < -0.3 is 9.64 Å². The minimum Gasteiger partial charge on any atom is -0.497 e. The van der Waals surface area contributed by atoms with Gasteiger partial charge in [0.25, 0.3) is 0 Å². The number of hydrogen-bond donors (Lipinski definition) is 0. The molecule has 1 aliphatic heterocycles. The Balaban J connectivity index is 1.85. The molecular formula is C20H21F4NOS. The third kappa shape index (κ3) is 5.31. The highest BCUT2D eigenvalue weighted by Crippen LogP contribution is 2.46. The molecule has 1 aliphatic rings. The standard InChI is InChI=1S/C20H21F4NOS/c1-26-16-6-7-17-19(13-16)27-18(14-4-2-5-15(21)12-14)8-11-25(17)10-3-9-20(22,23)24/h2,4-7,12-13,18H,3,8-11H2,1H3. The number of fused-ring (bicyclic) bond motifs is 1. The molecule has 7 heteroatoms. The lowest BCUT2D eigenvalue weighted by Gasteiger charge is -2.25. The molecular weight excluding hydrogens is 378 g/mol. The fourth-order valence-electron chi connectivity index (χ4n) is 3.23. The summed E-state index contributed by atoms with van der Waals surface area (Å²) >= 11 is 1.60. The maximum Gasteiger partial charge on any atom is 0.389 e. The second kappa shape index (κ2) is 8.42. The van der Waals surface area contributed by atoms with Crippen LogP contribution in [-0.4, -0.2) is 26.4 Å². The zero-order valence-corrected chi connectivity index (χ0v) is 15.7. The van der Waals surface area contributed by atoms with Crippen molar-refractivity contribution in [3.63, 3.8) is 0 Å². The lowest BCUT2D eigenvalue weighted by molar-refractivity contribution is -0.135. The van der Waals surface area contributed by atoms with E-state index >= 15 is 0 Å². The number of hydrogen-bond acceptors (Lipinski definition) is 3. The van der Waals surface area contributed by atoms with Gasteiger partial charge in [0, 0.05) is 29.7 Å². The largest absolute Gasteiger partial charge is 0.497 e. The molecule has 1 unspecified atom stereocenters. The summed E-state index contributed by atoms with van der Waals surface area (Å²) in [5.41, 5.74) is 1.78. The molecule has 0 spiro atoms. The molecule has 0 saturated heterocycles. The number of rotatable bonds is 5. The van der Waals surface area contributed by atoms with Crippen molar-refractivity contribution in [3.05, 3.63) is 53.8 Å². The Morgan fingerprint density at radius 2 is 2.00 bits per heavy atom. The van der Waals surface area contributed by atoms with E-state index in [1.54, 1.807) is 24.9 Å². The monoisotopic (exact) mass is 399 g/mol. The molecule has 0 N–H and O–H groups in total. The first-order chi connectivity index (χ1) is 12.9. The summed E-state index contributed by atoms with van der Waals surface area (Å²) < 4.78 is 56.5. The Bertz CT molecular complexity index is 781. The van der Waals surface area contributed by atoms with Gasteiger partial charge in [0.15, 0.2) is 0 Å². The zero-order chi connectivity index (χ0) is 19.4. The number of nitrogens with zero attached hydrogens (tertiary/aromatic N) is 1. The highest BCUT2D eigenvalue weighted by Gasteiger charge is 2.28. The van der Waals surface area contributed by atoms with E-state index in [9.17, 15) is 17.6 Å². The van der Waals surface area contributed by atoms with Crippen LogP contribution in [0.15, 0.2) is 47.4 Å². The molecule has 2 nitrogen and oxygen atoms in total. The maximum atomic E-state index is 13.6. The summed E-state index contributed by atoms with van der Waals surface area (Å²) in [5.74, 6) is 0.404. The summed E-state index contributed by atoms with van der Waals surface area (Å²) in [6.07, 6.45) is -4.18. The number of anilines is 1. The molecule has 0 aromatic heterocycles. The minimum atomic E-state index is -4.15. The highest BCUT2D eigenvalue weighted by molar-refractivity contribution is 7.99. The summed E-state index contributed by atoms with van der Waals surface area (Å²) in [6, 6.07) is 12.1. The van der Waals surface area contributed by atoms with Crippen molar-refractivity contribution >= 4 is 17.4 Å². The molecule has 0 saturated carbocycles. The van der Waals surface area contributed by atoms with Crippen LogP contribution in [0.3, 0.4) is 0 Å². The number of alkyl halides is 3. The summed E-state index contributed by atoms with van der Waals surface area (Å²) in [5, 5.41) is 0.0270. The third-order valence-corrected chi connectivity index (χ3v) is 5.92. The summed E-state index contributed by atoms with van der Waals surface area (Å²) in [6.45, 7) is 0.945. The van der Waals surface area contributed by atoms with Crippen LogP contribution in [0.1, 0.15) is 30.1 Å². The van der Waals surface area contributed by atoms with Crippen LogP contribution in [-0.2, 0) is 0 Å². The Morgan fingerprint density at radius 1 is 1.19 bits per heavy atom. The molecule has 0 bridgehead atoms. The Morgan fingerprint density at radius 3 is 2.70 bits per heavy atom. The van der Waals surface area contributed by atoms with E-state index < -0.39 is 12.6 Å². The minimum absolute atomic E-state index is 0.0270. The quantitative estimate of drug-likeness (QED) is 0.554. The second-order valence-corrected chi connectivity index (χ2v) is 7.73. The molecule has 0 radical (unpaired) electrons. The smallest absolute Gasteiger partial charge is 0.389 e. The van der Waals surface area contributed by atoms with Gasteiger partial charge in [0.1, 0.15) is 11.6 Å². The van der Waals surface area contributed by atoms with Crippen molar-refractivity contribution in [2.75, 3.05) is 25.1 Å². The van der Waals surface area contributed by atoms with E-state index in [1.807, 2.05) is 29.2 Å². The predicted octanol–water partition coefficient (Wildman–Crippen LogP) is 6.22. The van der Waals surface area contributed by atoms with Gasteiger partial charge in [0.2, 0.25) is 0 Å². The molecule has 146 valence electrons. The molecule has 1 heterocycles. The van der Waals surface area contributed by atoms with Crippen molar-refractivity contribution in [2.24, 2.45) is 0 Å². The van der Waals surface area contributed by atoms with Gasteiger partial charge in [-0.15, -0.1) is 11.8 Å². The SMILES string of the molecule is COc1ccc2c(c1)SC(c1cccc(F)c1)CCN2CCCC(F)(F)F. The number of methoxy groups -OCH3 is 1. The number of thioether (sulfide) groups is 1. The van der Waals surface area contributed by atoms with Gasteiger partial charge in [-0.2, -0.15) is 13.2 Å². The highest BCUT2D eigenvalue weighted by atomic mass is 32.2. The third-order valence-electron chi connectivity index (χ3n) is 4.55. The van der Waals surface area contributed by atoms with Crippen molar-refractivity contribution < 1.29 is 22.3 Å². The van der Waals surface area contributed by atoms with Crippen LogP contribution in [0, 0.1) is 5.82 Å². The van der Waals surface area contributed by atoms with E-state index in [0.717, 1.165) is 22.6 Å². The van der Waals surface area contributed by atoms with Crippen LogP contribution in [0.2, 0.25) is 0 Å². The fourth-order valence-corrected chi connectivity index (χ4v) is 4.54. The van der Waals surface area contributed by atoms with Gasteiger partial charge in [-0.1, -0.05) is 12.1 Å².